The summed E-state index contributed by atoms with van der Waals surface area (Å²) in [5, 5.41) is 0. The molecule has 1 aromatic rings. The van der Waals surface area contributed by atoms with Crippen molar-refractivity contribution in [3.63, 3.8) is 0 Å². The van der Waals surface area contributed by atoms with Crippen molar-refractivity contribution in [1.29, 1.82) is 0 Å². The van der Waals surface area contributed by atoms with E-state index in [1.54, 1.807) is 11.2 Å². The molecule has 0 spiro atoms. The third kappa shape index (κ3) is 2.00. The van der Waals surface area contributed by atoms with Gasteiger partial charge in [-0.15, -0.1) is 0 Å². The average molecular weight is 247 g/mol. The molecule has 4 nitrogen and oxygen atoms in total. The molecule has 0 radical (unpaired) electrons. The van der Waals surface area contributed by atoms with Crippen molar-refractivity contribution in [2.45, 2.75) is 58.9 Å². The molecule has 1 aliphatic rings. The molecule has 1 amide bonds. The summed E-state index contributed by atoms with van der Waals surface area (Å²) < 4.78 is 0. The summed E-state index contributed by atoms with van der Waals surface area (Å²) in [6.07, 6.45) is 1.98. The zero-order valence-electron chi connectivity index (χ0n) is 12.0. The summed E-state index contributed by atoms with van der Waals surface area (Å²) in [7, 11) is 0. The van der Waals surface area contributed by atoms with Gasteiger partial charge in [-0.1, -0.05) is 20.8 Å². The van der Waals surface area contributed by atoms with E-state index in [1.165, 1.54) is 0 Å². The van der Waals surface area contributed by atoms with E-state index in [9.17, 15) is 4.79 Å². The van der Waals surface area contributed by atoms with Gasteiger partial charge >= 0.3 is 0 Å². The van der Waals surface area contributed by atoms with E-state index < -0.39 is 0 Å². The van der Waals surface area contributed by atoms with Gasteiger partial charge in [0, 0.05) is 16.5 Å². The lowest BCUT2D eigenvalue weighted by Crippen LogP contribution is -2.44. The lowest BCUT2D eigenvalue weighted by molar-refractivity contribution is -0.118. The molecule has 0 bridgehead atoms. The summed E-state index contributed by atoms with van der Waals surface area (Å²) >= 11 is 0. The number of nitrogens with zero attached hydrogens (tertiary/aromatic N) is 3. The Balaban J connectivity index is 2.60. The first-order valence-corrected chi connectivity index (χ1v) is 6.30. The van der Waals surface area contributed by atoms with Gasteiger partial charge in [0.05, 0.1) is 12.1 Å². The summed E-state index contributed by atoms with van der Waals surface area (Å²) in [6.45, 7) is 12.4. The topological polar surface area (TPSA) is 46.1 Å². The third-order valence-electron chi connectivity index (χ3n) is 3.09. The second kappa shape index (κ2) is 3.77. The van der Waals surface area contributed by atoms with Crippen molar-refractivity contribution in [2.75, 3.05) is 4.90 Å². The molecule has 0 unspecified atom stereocenters. The Bertz CT molecular complexity index is 495. The molecule has 0 saturated heterocycles. The molecule has 0 saturated carbocycles. The minimum Gasteiger partial charge on any atom is -0.291 e. The van der Waals surface area contributed by atoms with Crippen molar-refractivity contribution in [3.8, 4) is 0 Å². The largest absolute Gasteiger partial charge is 0.291 e. The fourth-order valence-corrected chi connectivity index (χ4v) is 2.45. The number of rotatable bonds is 0. The van der Waals surface area contributed by atoms with Crippen molar-refractivity contribution in [3.05, 3.63) is 17.6 Å². The summed E-state index contributed by atoms with van der Waals surface area (Å²) in [5.41, 5.74) is 1.66. The Morgan fingerprint density at radius 1 is 1.11 bits per heavy atom. The molecular weight excluding hydrogens is 226 g/mol. The second-order valence-electron chi connectivity index (χ2n) is 6.85. The maximum atomic E-state index is 12.2. The van der Waals surface area contributed by atoms with E-state index in [1.807, 2.05) is 20.8 Å². The number of fused-ring (bicyclic) bond motifs is 1. The lowest BCUT2D eigenvalue weighted by Gasteiger charge is -2.31. The Labute approximate surface area is 108 Å². The van der Waals surface area contributed by atoms with Crippen LogP contribution in [0.15, 0.2) is 6.33 Å². The molecule has 0 atom stereocenters. The molecule has 98 valence electrons. The first kappa shape index (κ1) is 13.0. The molecule has 0 N–H and O–H groups in total. The third-order valence-corrected chi connectivity index (χ3v) is 3.09. The zero-order chi connectivity index (χ0) is 13.7. The number of carbonyl (C=O) groups excluding carboxylic acids is 1. The predicted molar refractivity (Wildman–Crippen MR) is 71.7 cm³/mol. The van der Waals surface area contributed by atoms with Crippen LogP contribution in [0.5, 0.6) is 0 Å². The molecule has 1 aromatic heterocycles. The smallest absolute Gasteiger partial charge is 0.233 e. The van der Waals surface area contributed by atoms with Gasteiger partial charge in [-0.2, -0.15) is 0 Å². The van der Waals surface area contributed by atoms with Crippen LogP contribution in [0.2, 0.25) is 0 Å². The van der Waals surface area contributed by atoms with E-state index in [4.69, 9.17) is 0 Å². The van der Waals surface area contributed by atoms with Crippen molar-refractivity contribution in [2.24, 2.45) is 0 Å². The number of aromatic nitrogens is 2. The van der Waals surface area contributed by atoms with Gasteiger partial charge in [-0.25, -0.2) is 9.97 Å². The van der Waals surface area contributed by atoms with Crippen molar-refractivity contribution >= 4 is 11.7 Å². The standard InChI is InChI=1S/C14H21N3O/c1-13(2,3)11-9-7-10(18)17(14(4,5)6)12(9)16-8-15-11/h8H,7H2,1-6H3. The number of hydrogen-bond acceptors (Lipinski definition) is 3. The Hall–Kier alpha value is -1.45. The monoisotopic (exact) mass is 247 g/mol. The van der Waals surface area contributed by atoms with Crippen LogP contribution in [0.3, 0.4) is 0 Å². The van der Waals surface area contributed by atoms with Gasteiger partial charge in [0.2, 0.25) is 5.91 Å². The van der Waals surface area contributed by atoms with Gasteiger partial charge < -0.3 is 0 Å². The summed E-state index contributed by atoms with van der Waals surface area (Å²) in [5.74, 6) is 0.899. The minimum absolute atomic E-state index is 0.0683. The fraction of sp³-hybridized carbons (Fsp3) is 0.643. The number of hydrogen-bond donors (Lipinski definition) is 0. The predicted octanol–water partition coefficient (Wildman–Crippen LogP) is 2.46. The van der Waals surface area contributed by atoms with Gasteiger partial charge in [0.25, 0.3) is 0 Å². The van der Waals surface area contributed by atoms with Crippen molar-refractivity contribution < 1.29 is 4.79 Å². The molecule has 0 fully saturated rings. The molecule has 0 aliphatic carbocycles. The molecule has 0 aromatic carbocycles. The first-order chi connectivity index (χ1) is 8.12. The van der Waals surface area contributed by atoms with E-state index in [0.29, 0.717) is 6.42 Å². The maximum absolute atomic E-state index is 12.2. The van der Waals surface area contributed by atoms with Crippen LogP contribution in [-0.4, -0.2) is 21.4 Å². The number of anilines is 1. The molecule has 18 heavy (non-hydrogen) atoms. The van der Waals surface area contributed by atoms with Crippen LogP contribution in [0.1, 0.15) is 52.8 Å². The van der Waals surface area contributed by atoms with Crippen LogP contribution in [-0.2, 0) is 16.6 Å². The van der Waals surface area contributed by atoms with E-state index in [0.717, 1.165) is 17.1 Å². The fourth-order valence-electron chi connectivity index (χ4n) is 2.45. The average Bonchev–Trinajstić information content (AvgIpc) is 2.50. The van der Waals surface area contributed by atoms with E-state index in [-0.39, 0.29) is 16.9 Å². The summed E-state index contributed by atoms with van der Waals surface area (Å²) in [4.78, 5) is 22.7. The van der Waals surface area contributed by atoms with Crippen LogP contribution >= 0.6 is 0 Å². The summed E-state index contributed by atoms with van der Waals surface area (Å²) in [6, 6.07) is 0. The Morgan fingerprint density at radius 3 is 2.22 bits per heavy atom. The second-order valence-corrected chi connectivity index (χ2v) is 6.85. The highest BCUT2D eigenvalue weighted by molar-refractivity contribution is 6.01. The maximum Gasteiger partial charge on any atom is 0.233 e. The van der Waals surface area contributed by atoms with Gasteiger partial charge in [-0.3, -0.25) is 9.69 Å². The van der Waals surface area contributed by atoms with E-state index >= 15 is 0 Å². The van der Waals surface area contributed by atoms with Gasteiger partial charge in [-0.05, 0) is 20.8 Å². The molecular formula is C14H21N3O. The quantitative estimate of drug-likeness (QED) is 0.707. The number of amides is 1. The van der Waals surface area contributed by atoms with Gasteiger partial charge in [0.1, 0.15) is 12.1 Å². The molecule has 2 heterocycles. The van der Waals surface area contributed by atoms with E-state index in [2.05, 4.69) is 30.7 Å². The van der Waals surface area contributed by atoms with Crippen molar-refractivity contribution in [1.82, 2.24) is 9.97 Å². The zero-order valence-corrected chi connectivity index (χ0v) is 12.0. The van der Waals surface area contributed by atoms with Crippen LogP contribution in [0.4, 0.5) is 5.82 Å². The Morgan fingerprint density at radius 2 is 1.72 bits per heavy atom. The Kier molecular flexibility index (Phi) is 2.72. The highest BCUT2D eigenvalue weighted by atomic mass is 16.2. The molecule has 4 heteroatoms. The normalized spacial score (nSPS) is 16.1. The molecule has 1 aliphatic heterocycles. The molecule has 2 rings (SSSR count). The van der Waals surface area contributed by atoms with Crippen LogP contribution < -0.4 is 4.90 Å². The SMILES string of the molecule is CC(C)(C)c1ncnc2c1CC(=O)N2C(C)(C)C. The first-order valence-electron chi connectivity index (χ1n) is 6.30. The van der Waals surface area contributed by atoms with Crippen LogP contribution in [0, 0.1) is 0 Å². The lowest BCUT2D eigenvalue weighted by atomic mass is 9.88. The number of carbonyl (C=O) groups is 1. The van der Waals surface area contributed by atoms with Crippen LogP contribution in [0.25, 0.3) is 0 Å². The van der Waals surface area contributed by atoms with Gasteiger partial charge in [0.15, 0.2) is 0 Å². The highest BCUT2D eigenvalue weighted by Gasteiger charge is 2.39. The minimum atomic E-state index is -0.244. The highest BCUT2D eigenvalue weighted by Crippen LogP contribution is 2.37.